The minimum Gasteiger partial charge on any atom is -0.496 e. The quantitative estimate of drug-likeness (QED) is 0.746. The van der Waals surface area contributed by atoms with Crippen molar-refractivity contribution in [2.24, 2.45) is 0 Å². The third kappa shape index (κ3) is 2.48. The number of hydrogen-bond donors (Lipinski definition) is 2. The van der Waals surface area contributed by atoms with E-state index in [2.05, 4.69) is 47.6 Å². The molecule has 3 aromatic rings. The first-order chi connectivity index (χ1) is 9.76. The van der Waals surface area contributed by atoms with Crippen molar-refractivity contribution in [2.75, 3.05) is 12.4 Å². The first-order valence-electron chi connectivity index (χ1n) is 6.71. The van der Waals surface area contributed by atoms with E-state index in [9.17, 15) is 0 Å². The Morgan fingerprint density at radius 3 is 2.75 bits per heavy atom. The van der Waals surface area contributed by atoms with E-state index in [1.54, 1.807) is 7.11 Å². The van der Waals surface area contributed by atoms with Gasteiger partial charge < -0.3 is 15.0 Å². The van der Waals surface area contributed by atoms with Crippen LogP contribution in [-0.2, 0) is 6.54 Å². The number of aryl methyl sites for hydroxylation is 1. The van der Waals surface area contributed by atoms with Gasteiger partial charge in [-0.2, -0.15) is 0 Å². The third-order valence-corrected chi connectivity index (χ3v) is 3.44. The Morgan fingerprint density at radius 2 is 1.95 bits per heavy atom. The normalized spacial score (nSPS) is 10.7. The van der Waals surface area contributed by atoms with Crippen LogP contribution in [0.25, 0.3) is 10.9 Å². The Bertz CT molecular complexity index is 698. The van der Waals surface area contributed by atoms with Crippen molar-refractivity contribution in [1.29, 1.82) is 0 Å². The van der Waals surface area contributed by atoms with Gasteiger partial charge in [0.15, 0.2) is 0 Å². The minimum atomic E-state index is 0.734. The van der Waals surface area contributed by atoms with Crippen LogP contribution in [-0.4, -0.2) is 12.1 Å². The first-order valence-corrected chi connectivity index (χ1v) is 6.71. The zero-order valence-corrected chi connectivity index (χ0v) is 11.7. The molecular formula is C17H18N2O. The number of hydrogen-bond acceptors (Lipinski definition) is 2. The second kappa shape index (κ2) is 5.29. The van der Waals surface area contributed by atoms with Crippen LogP contribution in [0.4, 0.5) is 5.82 Å². The van der Waals surface area contributed by atoms with E-state index in [-0.39, 0.29) is 0 Å². The highest BCUT2D eigenvalue weighted by molar-refractivity contribution is 5.83. The summed E-state index contributed by atoms with van der Waals surface area (Å²) >= 11 is 0. The summed E-state index contributed by atoms with van der Waals surface area (Å²) in [4.78, 5) is 3.37. The number of rotatable bonds is 4. The minimum absolute atomic E-state index is 0.734. The first kappa shape index (κ1) is 12.6. The smallest absolute Gasteiger partial charge is 0.123 e. The highest BCUT2D eigenvalue weighted by Crippen LogP contribution is 2.22. The zero-order valence-electron chi connectivity index (χ0n) is 11.7. The summed E-state index contributed by atoms with van der Waals surface area (Å²) in [6.07, 6.45) is 0. The molecular weight excluding hydrogens is 248 g/mol. The lowest BCUT2D eigenvalue weighted by Crippen LogP contribution is -2.02. The van der Waals surface area contributed by atoms with Gasteiger partial charge in [0.2, 0.25) is 0 Å². The third-order valence-electron chi connectivity index (χ3n) is 3.44. The number of benzene rings is 2. The lowest BCUT2D eigenvalue weighted by Gasteiger charge is -2.10. The molecule has 3 rings (SSSR count). The fourth-order valence-corrected chi connectivity index (χ4v) is 2.40. The van der Waals surface area contributed by atoms with Crippen molar-refractivity contribution in [3.63, 3.8) is 0 Å². The number of aromatic nitrogens is 1. The number of fused-ring (bicyclic) bond motifs is 1. The van der Waals surface area contributed by atoms with E-state index < -0.39 is 0 Å². The van der Waals surface area contributed by atoms with E-state index >= 15 is 0 Å². The molecule has 1 aromatic heterocycles. The molecule has 0 bridgehead atoms. The van der Waals surface area contributed by atoms with E-state index in [1.165, 1.54) is 10.9 Å². The molecule has 20 heavy (non-hydrogen) atoms. The molecule has 0 aliphatic rings. The number of ether oxygens (including phenoxy) is 1. The van der Waals surface area contributed by atoms with Gasteiger partial charge in [-0.1, -0.05) is 35.9 Å². The molecule has 3 nitrogen and oxygen atoms in total. The molecule has 0 unspecified atom stereocenters. The topological polar surface area (TPSA) is 37.0 Å². The Balaban J connectivity index is 1.80. The second-order valence-electron chi connectivity index (χ2n) is 4.94. The number of methoxy groups -OCH3 is 1. The maximum Gasteiger partial charge on any atom is 0.123 e. The summed E-state index contributed by atoms with van der Waals surface area (Å²) in [5.41, 5.74) is 3.54. The number of anilines is 1. The largest absolute Gasteiger partial charge is 0.496 e. The van der Waals surface area contributed by atoms with Gasteiger partial charge in [-0.25, -0.2) is 0 Å². The lowest BCUT2D eigenvalue weighted by atomic mass is 10.1. The van der Waals surface area contributed by atoms with Gasteiger partial charge in [-0.3, -0.25) is 0 Å². The van der Waals surface area contributed by atoms with E-state index in [0.717, 1.165) is 29.2 Å². The summed E-state index contributed by atoms with van der Waals surface area (Å²) in [7, 11) is 1.71. The highest BCUT2D eigenvalue weighted by atomic mass is 16.5. The molecule has 0 radical (unpaired) electrons. The predicted octanol–water partition coefficient (Wildman–Crippen LogP) is 4.10. The van der Waals surface area contributed by atoms with Crippen LogP contribution in [0, 0.1) is 6.92 Å². The zero-order chi connectivity index (χ0) is 13.9. The van der Waals surface area contributed by atoms with Crippen molar-refractivity contribution in [3.8, 4) is 5.75 Å². The molecule has 2 aromatic carbocycles. The molecule has 3 heteroatoms. The fourth-order valence-electron chi connectivity index (χ4n) is 2.40. The van der Waals surface area contributed by atoms with Crippen LogP contribution < -0.4 is 10.1 Å². The van der Waals surface area contributed by atoms with Crippen molar-refractivity contribution >= 4 is 16.7 Å². The van der Waals surface area contributed by atoms with Gasteiger partial charge in [0, 0.05) is 23.0 Å². The molecule has 0 saturated heterocycles. The van der Waals surface area contributed by atoms with Gasteiger partial charge in [-0.15, -0.1) is 0 Å². The van der Waals surface area contributed by atoms with Crippen LogP contribution in [0.5, 0.6) is 5.75 Å². The molecule has 0 aliphatic carbocycles. The molecule has 102 valence electrons. The van der Waals surface area contributed by atoms with Crippen molar-refractivity contribution < 1.29 is 4.74 Å². The van der Waals surface area contributed by atoms with Gasteiger partial charge in [0.25, 0.3) is 0 Å². The molecule has 0 fully saturated rings. The molecule has 2 N–H and O–H groups in total. The van der Waals surface area contributed by atoms with E-state index in [1.807, 2.05) is 18.2 Å². The molecule has 0 saturated carbocycles. The van der Waals surface area contributed by atoms with E-state index in [4.69, 9.17) is 4.74 Å². The Labute approximate surface area is 118 Å². The highest BCUT2D eigenvalue weighted by Gasteiger charge is 2.04. The lowest BCUT2D eigenvalue weighted by molar-refractivity contribution is 0.410. The molecule has 0 amide bonds. The predicted molar refractivity (Wildman–Crippen MR) is 83.4 cm³/mol. The van der Waals surface area contributed by atoms with Crippen molar-refractivity contribution in [1.82, 2.24) is 4.98 Å². The summed E-state index contributed by atoms with van der Waals surface area (Å²) in [6, 6.07) is 16.6. The monoisotopic (exact) mass is 266 g/mol. The Hall–Kier alpha value is -2.42. The average molecular weight is 266 g/mol. The fraction of sp³-hybridized carbons (Fsp3) is 0.176. The van der Waals surface area contributed by atoms with Crippen LogP contribution >= 0.6 is 0 Å². The van der Waals surface area contributed by atoms with Crippen LogP contribution in [0.3, 0.4) is 0 Å². The standard InChI is InChI=1S/C17H18N2O/c1-12-7-8-16(20-2)14(9-12)11-18-17-10-13-5-3-4-6-15(13)19-17/h3-10,18-19H,11H2,1-2H3. The Kier molecular flexibility index (Phi) is 3.33. The van der Waals surface area contributed by atoms with Crippen LogP contribution in [0.2, 0.25) is 0 Å². The molecule has 0 spiro atoms. The molecule has 0 aliphatic heterocycles. The number of aromatic amines is 1. The Morgan fingerprint density at radius 1 is 1.10 bits per heavy atom. The summed E-state index contributed by atoms with van der Waals surface area (Å²) in [5, 5.41) is 4.63. The second-order valence-corrected chi connectivity index (χ2v) is 4.94. The van der Waals surface area contributed by atoms with E-state index in [0.29, 0.717) is 0 Å². The van der Waals surface area contributed by atoms with Gasteiger partial charge in [-0.05, 0) is 25.1 Å². The summed E-state index contributed by atoms with van der Waals surface area (Å²) in [5.74, 6) is 1.94. The maximum absolute atomic E-state index is 5.40. The maximum atomic E-state index is 5.40. The SMILES string of the molecule is COc1ccc(C)cc1CNc1cc2ccccc2[nH]1. The summed E-state index contributed by atoms with van der Waals surface area (Å²) in [6.45, 7) is 2.82. The average Bonchev–Trinajstić information content (AvgIpc) is 2.88. The van der Waals surface area contributed by atoms with Crippen LogP contribution in [0.15, 0.2) is 48.5 Å². The van der Waals surface area contributed by atoms with Gasteiger partial charge in [0.1, 0.15) is 11.6 Å². The number of H-pyrrole nitrogens is 1. The molecule has 0 atom stereocenters. The summed E-state index contributed by atoms with van der Waals surface area (Å²) < 4.78 is 5.40. The number of para-hydroxylation sites is 1. The van der Waals surface area contributed by atoms with Crippen molar-refractivity contribution in [3.05, 3.63) is 59.7 Å². The van der Waals surface area contributed by atoms with Gasteiger partial charge in [0.05, 0.1) is 7.11 Å². The number of nitrogens with one attached hydrogen (secondary N) is 2. The molecule has 1 heterocycles. The van der Waals surface area contributed by atoms with Crippen molar-refractivity contribution in [2.45, 2.75) is 13.5 Å². The van der Waals surface area contributed by atoms with Gasteiger partial charge >= 0.3 is 0 Å². The van der Waals surface area contributed by atoms with Crippen LogP contribution in [0.1, 0.15) is 11.1 Å².